The first-order valence-electron chi connectivity index (χ1n) is 9.07. The number of hydrogen-bond donors (Lipinski definition) is 3. The molecule has 1 atom stereocenters. The summed E-state index contributed by atoms with van der Waals surface area (Å²) in [5.74, 6) is -0.699. The molecule has 0 fully saturated rings. The Morgan fingerprint density at radius 2 is 1.89 bits per heavy atom. The molecule has 152 valence electrons. The molecule has 3 amide bonds. The molecule has 0 aliphatic heterocycles. The highest BCUT2D eigenvalue weighted by Crippen LogP contribution is 2.14. The van der Waals surface area contributed by atoms with Gasteiger partial charge in [0.1, 0.15) is 18.2 Å². The Bertz CT molecular complexity index is 747. The van der Waals surface area contributed by atoms with E-state index in [4.69, 9.17) is 10.00 Å². The number of nitriles is 1. The van der Waals surface area contributed by atoms with E-state index in [-0.39, 0.29) is 18.0 Å². The highest BCUT2D eigenvalue weighted by atomic mass is 16.6. The molecule has 1 aromatic carbocycles. The van der Waals surface area contributed by atoms with E-state index in [9.17, 15) is 14.4 Å². The van der Waals surface area contributed by atoms with Gasteiger partial charge in [-0.15, -0.1) is 0 Å². The third-order valence-corrected chi connectivity index (χ3v) is 3.44. The molecular weight excluding hydrogens is 360 g/mol. The fraction of sp³-hybridized carbons (Fsp3) is 0.500. The average Bonchev–Trinajstić information content (AvgIpc) is 2.57. The van der Waals surface area contributed by atoms with Crippen LogP contribution in [0.3, 0.4) is 0 Å². The molecule has 0 spiro atoms. The molecule has 0 bridgehead atoms. The van der Waals surface area contributed by atoms with Crippen molar-refractivity contribution in [3.8, 4) is 6.07 Å². The molecule has 0 aromatic heterocycles. The predicted molar refractivity (Wildman–Crippen MR) is 106 cm³/mol. The second kappa shape index (κ2) is 10.3. The van der Waals surface area contributed by atoms with Crippen molar-refractivity contribution in [2.75, 3.05) is 11.9 Å². The van der Waals surface area contributed by atoms with Crippen LogP contribution in [0.5, 0.6) is 0 Å². The van der Waals surface area contributed by atoms with Crippen LogP contribution in [-0.4, -0.2) is 36.1 Å². The van der Waals surface area contributed by atoms with Crippen LogP contribution in [0.1, 0.15) is 51.4 Å². The van der Waals surface area contributed by atoms with E-state index in [1.54, 1.807) is 39.0 Å². The second-order valence-corrected chi connectivity index (χ2v) is 7.74. The van der Waals surface area contributed by atoms with E-state index < -0.39 is 29.6 Å². The van der Waals surface area contributed by atoms with Gasteiger partial charge in [0.2, 0.25) is 5.91 Å². The maximum absolute atomic E-state index is 12.6. The standard InChI is InChI=1S/C20H28N4O4/c1-13(2)11-16(18(26)22-10-9-21)24-17(25)14-7-6-8-15(12-14)23-19(27)28-20(3,4)5/h6-8,12-13,16H,10-11H2,1-5H3,(H,22,26)(H,23,27)(H,24,25)/t16-/m0/s1. The molecule has 28 heavy (non-hydrogen) atoms. The van der Waals surface area contributed by atoms with E-state index in [0.29, 0.717) is 12.1 Å². The first-order valence-corrected chi connectivity index (χ1v) is 9.07. The summed E-state index contributed by atoms with van der Waals surface area (Å²) in [5.41, 5.74) is 0.0477. The highest BCUT2D eigenvalue weighted by Gasteiger charge is 2.22. The molecule has 0 radical (unpaired) electrons. The summed E-state index contributed by atoms with van der Waals surface area (Å²) in [5, 5.41) is 16.3. The van der Waals surface area contributed by atoms with Crippen LogP contribution in [0, 0.1) is 17.2 Å². The van der Waals surface area contributed by atoms with Crippen LogP contribution in [0.4, 0.5) is 10.5 Å². The minimum Gasteiger partial charge on any atom is -0.444 e. The Kier molecular flexibility index (Phi) is 8.45. The monoisotopic (exact) mass is 388 g/mol. The fourth-order valence-electron chi connectivity index (χ4n) is 2.35. The summed E-state index contributed by atoms with van der Waals surface area (Å²) in [6.07, 6.45) is -0.197. The number of nitrogens with zero attached hydrogens (tertiary/aromatic N) is 1. The second-order valence-electron chi connectivity index (χ2n) is 7.74. The van der Waals surface area contributed by atoms with Crippen LogP contribution in [0.2, 0.25) is 0 Å². The predicted octanol–water partition coefficient (Wildman–Crippen LogP) is 2.82. The van der Waals surface area contributed by atoms with Crippen LogP contribution in [-0.2, 0) is 9.53 Å². The summed E-state index contributed by atoms with van der Waals surface area (Å²) in [6, 6.07) is 7.40. The van der Waals surface area contributed by atoms with Crippen molar-refractivity contribution in [3.05, 3.63) is 29.8 Å². The molecule has 3 N–H and O–H groups in total. The molecule has 0 saturated heterocycles. The summed E-state index contributed by atoms with van der Waals surface area (Å²) < 4.78 is 5.19. The average molecular weight is 388 g/mol. The van der Waals surface area contributed by atoms with Crippen molar-refractivity contribution >= 4 is 23.6 Å². The lowest BCUT2D eigenvalue weighted by molar-refractivity contribution is -0.123. The summed E-state index contributed by atoms with van der Waals surface area (Å²) in [6.45, 7) is 9.00. The van der Waals surface area contributed by atoms with Gasteiger partial charge in [-0.3, -0.25) is 14.9 Å². The normalized spacial score (nSPS) is 11.9. The largest absolute Gasteiger partial charge is 0.444 e. The SMILES string of the molecule is CC(C)C[C@H](NC(=O)c1cccc(NC(=O)OC(C)(C)C)c1)C(=O)NCC#N. The van der Waals surface area contributed by atoms with E-state index in [1.807, 2.05) is 19.9 Å². The van der Waals surface area contributed by atoms with Crippen molar-refractivity contribution < 1.29 is 19.1 Å². The lowest BCUT2D eigenvalue weighted by atomic mass is 10.0. The van der Waals surface area contributed by atoms with Crippen LogP contribution in [0.15, 0.2) is 24.3 Å². The number of nitrogens with one attached hydrogen (secondary N) is 3. The third-order valence-electron chi connectivity index (χ3n) is 3.44. The zero-order valence-electron chi connectivity index (χ0n) is 17.0. The van der Waals surface area contributed by atoms with E-state index in [2.05, 4.69) is 16.0 Å². The smallest absolute Gasteiger partial charge is 0.412 e. The van der Waals surface area contributed by atoms with E-state index >= 15 is 0 Å². The van der Waals surface area contributed by atoms with Crippen molar-refractivity contribution in [1.29, 1.82) is 5.26 Å². The molecule has 1 aromatic rings. The number of ether oxygens (including phenoxy) is 1. The van der Waals surface area contributed by atoms with E-state index in [0.717, 1.165) is 0 Å². The third kappa shape index (κ3) is 8.54. The zero-order valence-corrected chi connectivity index (χ0v) is 17.0. The molecule has 0 saturated carbocycles. The Hall–Kier alpha value is -3.08. The van der Waals surface area contributed by atoms with E-state index in [1.165, 1.54) is 6.07 Å². The first-order chi connectivity index (χ1) is 13.0. The number of benzene rings is 1. The van der Waals surface area contributed by atoms with Crippen LogP contribution < -0.4 is 16.0 Å². The lowest BCUT2D eigenvalue weighted by Crippen LogP contribution is -2.47. The van der Waals surface area contributed by atoms with Gasteiger partial charge in [-0.05, 0) is 51.3 Å². The lowest BCUT2D eigenvalue weighted by Gasteiger charge is -2.20. The van der Waals surface area contributed by atoms with Crippen molar-refractivity contribution in [2.45, 2.75) is 52.7 Å². The minimum absolute atomic E-state index is 0.126. The first kappa shape index (κ1) is 23.0. The maximum Gasteiger partial charge on any atom is 0.412 e. The zero-order chi connectivity index (χ0) is 21.3. The Labute approximate surface area is 165 Å². The highest BCUT2D eigenvalue weighted by molar-refractivity contribution is 5.99. The van der Waals surface area contributed by atoms with Gasteiger partial charge in [0, 0.05) is 11.3 Å². The maximum atomic E-state index is 12.6. The van der Waals surface area contributed by atoms with Crippen molar-refractivity contribution in [1.82, 2.24) is 10.6 Å². The quantitative estimate of drug-likeness (QED) is 0.620. The molecule has 8 nitrogen and oxygen atoms in total. The van der Waals surface area contributed by atoms with Crippen molar-refractivity contribution in [2.24, 2.45) is 5.92 Å². The van der Waals surface area contributed by atoms with Gasteiger partial charge in [0.05, 0.1) is 6.07 Å². The number of carbonyl (C=O) groups excluding carboxylic acids is 3. The molecule has 0 aliphatic rings. The minimum atomic E-state index is -0.761. The number of rotatable bonds is 7. The van der Waals surface area contributed by atoms with Gasteiger partial charge < -0.3 is 15.4 Å². The number of carbonyl (C=O) groups is 3. The van der Waals surface area contributed by atoms with Gasteiger partial charge in [-0.1, -0.05) is 19.9 Å². The molecule has 0 aliphatic carbocycles. The number of anilines is 1. The fourth-order valence-corrected chi connectivity index (χ4v) is 2.35. The van der Waals surface area contributed by atoms with Crippen LogP contribution in [0.25, 0.3) is 0 Å². The number of amides is 3. The topological polar surface area (TPSA) is 120 Å². The van der Waals surface area contributed by atoms with Crippen molar-refractivity contribution in [3.63, 3.8) is 0 Å². The summed E-state index contributed by atoms with van der Waals surface area (Å²) in [7, 11) is 0. The van der Waals surface area contributed by atoms with Gasteiger partial charge in [0.25, 0.3) is 5.91 Å². The Balaban J connectivity index is 2.85. The molecule has 0 heterocycles. The Morgan fingerprint density at radius 1 is 1.21 bits per heavy atom. The van der Waals surface area contributed by atoms with Crippen LogP contribution >= 0.6 is 0 Å². The van der Waals surface area contributed by atoms with Gasteiger partial charge in [-0.2, -0.15) is 5.26 Å². The summed E-state index contributed by atoms with van der Waals surface area (Å²) in [4.78, 5) is 36.7. The van der Waals surface area contributed by atoms with Gasteiger partial charge in [-0.25, -0.2) is 4.79 Å². The Morgan fingerprint density at radius 3 is 2.46 bits per heavy atom. The molecule has 0 unspecified atom stereocenters. The molecular formula is C20H28N4O4. The number of hydrogen-bond acceptors (Lipinski definition) is 5. The molecule has 8 heteroatoms. The summed E-state index contributed by atoms with van der Waals surface area (Å²) >= 11 is 0. The van der Waals surface area contributed by atoms with Gasteiger partial charge in [0.15, 0.2) is 0 Å². The molecule has 1 rings (SSSR count). The van der Waals surface area contributed by atoms with Gasteiger partial charge >= 0.3 is 6.09 Å².